The van der Waals surface area contributed by atoms with Crippen molar-refractivity contribution in [2.24, 2.45) is 0 Å². The number of imidazole rings is 1. The van der Waals surface area contributed by atoms with Crippen LogP contribution in [0.25, 0.3) is 0 Å². The second kappa shape index (κ2) is 15.2. The normalized spacial score (nSPS) is 12.9. The fourth-order valence-electron chi connectivity index (χ4n) is 4.39. The summed E-state index contributed by atoms with van der Waals surface area (Å²) in [6, 6.07) is 10.9. The molecule has 2 aromatic heterocycles. The molecule has 4 aromatic rings. The summed E-state index contributed by atoms with van der Waals surface area (Å²) in [5.41, 5.74) is 1.44. The standard InChI is InChI=1S/C32H37FN4O4S2/c1-32(2,3)41-31(39)27(13-17-42-4)36-29(38)26-19-25(12-9-23(26)8-5-22-6-10-24(33)11-7-22)40-28(30-35-15-18-43-30)20-37-16-14-34-21-37/h6-7,9-12,14-16,18-19,21,27-28H,5,8,13,17,20H2,1-4H3,(H,36,38)/t27-,28?/m0/s1. The Labute approximate surface area is 260 Å². The minimum absolute atomic E-state index is 0.297. The zero-order valence-electron chi connectivity index (χ0n) is 24.8. The molecule has 228 valence electrons. The van der Waals surface area contributed by atoms with E-state index in [1.807, 2.05) is 34.5 Å². The number of ether oxygens (including phenoxy) is 2. The predicted molar refractivity (Wildman–Crippen MR) is 168 cm³/mol. The van der Waals surface area contributed by atoms with E-state index in [1.165, 1.54) is 23.5 Å². The summed E-state index contributed by atoms with van der Waals surface area (Å²) in [5.74, 6) is 0.00790. The van der Waals surface area contributed by atoms with Gasteiger partial charge in [0.1, 0.15) is 28.2 Å². The highest BCUT2D eigenvalue weighted by Crippen LogP contribution is 2.28. The van der Waals surface area contributed by atoms with E-state index < -0.39 is 29.6 Å². The maximum Gasteiger partial charge on any atom is 0.329 e. The van der Waals surface area contributed by atoms with Gasteiger partial charge in [-0.05, 0) is 87.4 Å². The van der Waals surface area contributed by atoms with Crippen molar-refractivity contribution < 1.29 is 23.5 Å². The van der Waals surface area contributed by atoms with Gasteiger partial charge in [-0.2, -0.15) is 11.8 Å². The summed E-state index contributed by atoms with van der Waals surface area (Å²) < 4.78 is 27.4. The Bertz CT molecular complexity index is 1460. The molecule has 0 aliphatic rings. The number of amides is 1. The van der Waals surface area contributed by atoms with E-state index >= 15 is 0 Å². The van der Waals surface area contributed by atoms with Crippen molar-refractivity contribution in [1.29, 1.82) is 0 Å². The van der Waals surface area contributed by atoms with Crippen molar-refractivity contribution in [3.05, 3.63) is 100 Å². The molecule has 1 unspecified atom stereocenters. The van der Waals surface area contributed by atoms with Gasteiger partial charge in [0.15, 0.2) is 6.10 Å². The van der Waals surface area contributed by atoms with Crippen LogP contribution in [0.4, 0.5) is 4.39 Å². The van der Waals surface area contributed by atoms with E-state index in [-0.39, 0.29) is 5.82 Å². The monoisotopic (exact) mass is 624 g/mol. The molecule has 8 nitrogen and oxygen atoms in total. The van der Waals surface area contributed by atoms with E-state index in [0.717, 1.165) is 16.1 Å². The zero-order valence-corrected chi connectivity index (χ0v) is 26.4. The fourth-order valence-corrected chi connectivity index (χ4v) is 5.52. The lowest BCUT2D eigenvalue weighted by molar-refractivity contribution is -0.157. The largest absolute Gasteiger partial charge is 0.481 e. The van der Waals surface area contributed by atoms with Crippen LogP contribution in [0.5, 0.6) is 5.75 Å². The number of benzene rings is 2. The predicted octanol–water partition coefficient (Wildman–Crippen LogP) is 6.28. The van der Waals surface area contributed by atoms with Crippen LogP contribution in [0.3, 0.4) is 0 Å². The molecule has 1 N–H and O–H groups in total. The quantitative estimate of drug-likeness (QED) is 0.165. The summed E-state index contributed by atoms with van der Waals surface area (Å²) >= 11 is 3.08. The van der Waals surface area contributed by atoms with Crippen molar-refractivity contribution >= 4 is 35.0 Å². The number of halogens is 1. The minimum Gasteiger partial charge on any atom is -0.481 e. The van der Waals surface area contributed by atoms with E-state index in [9.17, 15) is 14.0 Å². The van der Waals surface area contributed by atoms with Crippen LogP contribution in [0.2, 0.25) is 0 Å². The number of rotatable bonds is 14. The number of carbonyl (C=O) groups is 2. The third-order valence-electron chi connectivity index (χ3n) is 6.47. The Morgan fingerprint density at radius 1 is 1.12 bits per heavy atom. The third kappa shape index (κ3) is 9.93. The third-order valence-corrected chi connectivity index (χ3v) is 7.98. The molecule has 0 saturated heterocycles. The van der Waals surface area contributed by atoms with Crippen LogP contribution < -0.4 is 10.1 Å². The van der Waals surface area contributed by atoms with Crippen molar-refractivity contribution in [2.75, 3.05) is 12.0 Å². The van der Waals surface area contributed by atoms with Gasteiger partial charge in [-0.1, -0.05) is 18.2 Å². The Kier molecular flexibility index (Phi) is 11.4. The van der Waals surface area contributed by atoms with Gasteiger partial charge >= 0.3 is 5.97 Å². The molecular weight excluding hydrogens is 588 g/mol. The van der Waals surface area contributed by atoms with E-state index in [4.69, 9.17) is 9.47 Å². The number of thioether (sulfide) groups is 1. The molecule has 11 heteroatoms. The first-order valence-electron chi connectivity index (χ1n) is 14.0. The van der Waals surface area contributed by atoms with E-state index in [1.54, 1.807) is 69.5 Å². The van der Waals surface area contributed by atoms with Crippen LogP contribution in [0.1, 0.15) is 59.8 Å². The molecule has 0 radical (unpaired) electrons. The van der Waals surface area contributed by atoms with Gasteiger partial charge in [-0.3, -0.25) is 4.79 Å². The lowest BCUT2D eigenvalue weighted by Crippen LogP contribution is -2.44. The summed E-state index contributed by atoms with van der Waals surface area (Å²) in [6.45, 7) is 5.89. The minimum atomic E-state index is -0.807. The molecule has 4 rings (SSSR count). The Morgan fingerprint density at radius 3 is 2.56 bits per heavy atom. The highest BCUT2D eigenvalue weighted by atomic mass is 32.2. The molecule has 43 heavy (non-hydrogen) atoms. The Morgan fingerprint density at radius 2 is 1.91 bits per heavy atom. The number of aromatic nitrogens is 3. The maximum atomic E-state index is 13.8. The average molecular weight is 625 g/mol. The van der Waals surface area contributed by atoms with Crippen molar-refractivity contribution in [3.8, 4) is 5.75 Å². The molecule has 0 spiro atoms. The number of nitrogens with zero attached hydrogens (tertiary/aromatic N) is 3. The highest BCUT2D eigenvalue weighted by molar-refractivity contribution is 7.98. The van der Waals surface area contributed by atoms with Crippen LogP contribution in [0, 0.1) is 5.82 Å². The van der Waals surface area contributed by atoms with Crippen LogP contribution in [-0.4, -0.2) is 50.1 Å². The van der Waals surface area contributed by atoms with Gasteiger partial charge in [0.05, 0.1) is 12.9 Å². The van der Waals surface area contributed by atoms with Gasteiger partial charge in [0.25, 0.3) is 5.91 Å². The van der Waals surface area contributed by atoms with Crippen molar-refractivity contribution in [2.45, 2.75) is 64.3 Å². The smallest absolute Gasteiger partial charge is 0.329 e. The maximum absolute atomic E-state index is 13.8. The first kappa shape index (κ1) is 32.2. The molecule has 0 bridgehead atoms. The molecule has 2 aromatic carbocycles. The first-order chi connectivity index (χ1) is 20.6. The van der Waals surface area contributed by atoms with Gasteiger partial charge in [0.2, 0.25) is 0 Å². The molecule has 0 saturated carbocycles. The second-order valence-electron chi connectivity index (χ2n) is 11.0. The highest BCUT2D eigenvalue weighted by Gasteiger charge is 2.28. The van der Waals surface area contributed by atoms with Gasteiger partial charge in [0, 0.05) is 29.5 Å². The summed E-state index contributed by atoms with van der Waals surface area (Å²) in [4.78, 5) is 35.4. The molecule has 0 fully saturated rings. The fraction of sp³-hybridized carbons (Fsp3) is 0.375. The molecular formula is C32H37FN4O4S2. The van der Waals surface area contributed by atoms with Crippen molar-refractivity contribution in [1.82, 2.24) is 19.9 Å². The number of hydrogen-bond donors (Lipinski definition) is 1. The molecule has 0 aliphatic heterocycles. The number of hydrogen-bond acceptors (Lipinski definition) is 8. The number of thiazole rings is 1. The SMILES string of the molecule is CSCC[C@H](NC(=O)c1cc(OC(Cn2ccnc2)c2nccs2)ccc1CCc1ccc(F)cc1)C(=O)OC(C)(C)C. The molecule has 0 aliphatic carbocycles. The van der Waals surface area contributed by atoms with Crippen LogP contribution >= 0.6 is 23.1 Å². The summed E-state index contributed by atoms with van der Waals surface area (Å²) in [7, 11) is 0. The molecule has 2 atom stereocenters. The summed E-state index contributed by atoms with van der Waals surface area (Å²) in [5, 5.41) is 5.61. The second-order valence-corrected chi connectivity index (χ2v) is 12.9. The van der Waals surface area contributed by atoms with E-state index in [0.29, 0.717) is 42.9 Å². The van der Waals surface area contributed by atoms with Crippen LogP contribution in [0.15, 0.2) is 72.8 Å². The first-order valence-corrected chi connectivity index (χ1v) is 16.3. The van der Waals surface area contributed by atoms with E-state index in [2.05, 4.69) is 15.3 Å². The van der Waals surface area contributed by atoms with Gasteiger partial charge in [-0.15, -0.1) is 11.3 Å². The Hall–Kier alpha value is -3.70. The summed E-state index contributed by atoms with van der Waals surface area (Å²) in [6.07, 6.45) is 10.1. The number of aryl methyl sites for hydroxylation is 2. The zero-order chi connectivity index (χ0) is 30.8. The Balaban J connectivity index is 1.62. The van der Waals surface area contributed by atoms with Crippen molar-refractivity contribution in [3.63, 3.8) is 0 Å². The topological polar surface area (TPSA) is 95.3 Å². The number of carbonyl (C=O) groups excluding carboxylic acids is 2. The molecule has 1 amide bonds. The van der Waals surface area contributed by atoms with Gasteiger partial charge < -0.3 is 19.4 Å². The lowest BCUT2D eigenvalue weighted by atomic mass is 9.98. The number of nitrogens with one attached hydrogen (secondary N) is 1. The van der Waals surface area contributed by atoms with Gasteiger partial charge in [-0.25, -0.2) is 19.2 Å². The number of esters is 1. The average Bonchev–Trinajstić information content (AvgIpc) is 3.69. The lowest BCUT2D eigenvalue weighted by Gasteiger charge is -2.25. The van der Waals surface area contributed by atoms with Crippen LogP contribution in [-0.2, 0) is 28.9 Å². The molecule has 2 heterocycles.